The molecule has 2 aromatic rings. The molecule has 1 aromatic heterocycles. The number of hydrogen-bond donors (Lipinski definition) is 2. The fourth-order valence-electron chi connectivity index (χ4n) is 3.33. The largest absolute Gasteiger partial charge is 0.497 e. The zero-order chi connectivity index (χ0) is 22.3. The molecule has 1 saturated heterocycles. The highest BCUT2D eigenvalue weighted by atomic mass is 32.2. The summed E-state index contributed by atoms with van der Waals surface area (Å²) in [6, 6.07) is 9.86. The third kappa shape index (κ3) is 6.02. The minimum absolute atomic E-state index is 0.122. The Balaban J connectivity index is 1.44. The maximum atomic E-state index is 12.8. The van der Waals surface area contributed by atoms with Gasteiger partial charge in [0.25, 0.3) is 0 Å². The molecule has 3 rings (SSSR count). The van der Waals surface area contributed by atoms with E-state index in [1.54, 1.807) is 30.6 Å². The van der Waals surface area contributed by atoms with E-state index >= 15 is 0 Å². The van der Waals surface area contributed by atoms with Crippen LogP contribution in [0.4, 0.5) is 0 Å². The van der Waals surface area contributed by atoms with Gasteiger partial charge < -0.3 is 15.4 Å². The van der Waals surface area contributed by atoms with Crippen LogP contribution in [0.5, 0.6) is 5.75 Å². The van der Waals surface area contributed by atoms with E-state index in [9.17, 15) is 18.0 Å². The fourth-order valence-corrected chi connectivity index (χ4v) is 4.80. The Morgan fingerprint density at radius 2 is 1.84 bits per heavy atom. The van der Waals surface area contributed by atoms with E-state index in [-0.39, 0.29) is 42.3 Å². The zero-order valence-electron chi connectivity index (χ0n) is 17.3. The van der Waals surface area contributed by atoms with Gasteiger partial charge in [-0.05, 0) is 48.7 Å². The molecule has 2 N–H and O–H groups in total. The summed E-state index contributed by atoms with van der Waals surface area (Å²) in [6.45, 7) is 0.715. The highest BCUT2D eigenvalue weighted by Gasteiger charge is 2.32. The molecule has 0 saturated carbocycles. The summed E-state index contributed by atoms with van der Waals surface area (Å²) < 4.78 is 32.0. The standard InChI is InChI=1S/C21H26N4O5S/c1-30-18-4-6-19(7-5-18)31(28,29)25-11-8-17(9-12-25)21(27)24-15-20(26)23-14-16-3-2-10-22-13-16/h2-7,10,13,17H,8-9,11-12,14-15H2,1H3,(H,23,26)(H,24,27). The van der Waals surface area contributed by atoms with Gasteiger partial charge in [-0.3, -0.25) is 14.6 Å². The topological polar surface area (TPSA) is 118 Å². The van der Waals surface area contributed by atoms with Crippen molar-refractivity contribution in [2.75, 3.05) is 26.7 Å². The van der Waals surface area contributed by atoms with Crippen molar-refractivity contribution >= 4 is 21.8 Å². The summed E-state index contributed by atoms with van der Waals surface area (Å²) in [5, 5.41) is 5.36. The van der Waals surface area contributed by atoms with Gasteiger partial charge in [-0.25, -0.2) is 8.42 Å². The second-order valence-corrected chi connectivity index (χ2v) is 9.15. The number of rotatable bonds is 8. The van der Waals surface area contributed by atoms with E-state index in [4.69, 9.17) is 4.74 Å². The van der Waals surface area contributed by atoms with E-state index in [1.165, 1.54) is 23.5 Å². The number of hydrogen-bond acceptors (Lipinski definition) is 6. The first-order chi connectivity index (χ1) is 14.9. The van der Waals surface area contributed by atoms with Crippen molar-refractivity contribution in [3.8, 4) is 5.75 Å². The first kappa shape index (κ1) is 22.7. The summed E-state index contributed by atoms with van der Waals surface area (Å²) in [6.07, 6.45) is 4.11. The quantitative estimate of drug-likeness (QED) is 0.623. The number of sulfonamides is 1. The normalized spacial score (nSPS) is 15.3. The van der Waals surface area contributed by atoms with Gasteiger partial charge in [0.15, 0.2) is 0 Å². The zero-order valence-corrected chi connectivity index (χ0v) is 18.1. The lowest BCUT2D eigenvalue weighted by atomic mass is 9.97. The smallest absolute Gasteiger partial charge is 0.243 e. The number of carbonyl (C=O) groups excluding carboxylic acids is 2. The molecule has 1 fully saturated rings. The SMILES string of the molecule is COc1ccc(S(=O)(=O)N2CCC(C(=O)NCC(=O)NCc3cccnc3)CC2)cc1. The van der Waals surface area contributed by atoms with E-state index in [1.807, 2.05) is 6.07 Å². The summed E-state index contributed by atoms with van der Waals surface area (Å²) in [5.74, 6) is -0.276. The molecule has 2 amide bonds. The number of amides is 2. The van der Waals surface area contributed by atoms with Crippen LogP contribution in [0, 0.1) is 5.92 Å². The Bertz CT molecular complexity index is 988. The van der Waals surface area contributed by atoms with E-state index in [0.717, 1.165) is 5.56 Å². The van der Waals surface area contributed by atoms with Crippen LogP contribution in [0.25, 0.3) is 0 Å². The minimum atomic E-state index is -3.62. The maximum Gasteiger partial charge on any atom is 0.243 e. The molecular weight excluding hydrogens is 420 g/mol. The van der Waals surface area contributed by atoms with E-state index in [0.29, 0.717) is 25.1 Å². The minimum Gasteiger partial charge on any atom is -0.497 e. The third-order valence-corrected chi connectivity index (χ3v) is 7.07. The van der Waals surface area contributed by atoms with Crippen LogP contribution < -0.4 is 15.4 Å². The Kier molecular flexibility index (Phi) is 7.59. The first-order valence-corrected chi connectivity index (χ1v) is 11.4. The molecular formula is C21H26N4O5S. The highest BCUT2D eigenvalue weighted by Crippen LogP contribution is 2.25. The number of benzene rings is 1. The third-order valence-electron chi connectivity index (χ3n) is 5.16. The molecule has 0 radical (unpaired) electrons. The lowest BCUT2D eigenvalue weighted by Crippen LogP contribution is -2.45. The van der Waals surface area contributed by atoms with Crippen molar-refractivity contribution in [3.63, 3.8) is 0 Å². The number of nitrogens with zero attached hydrogens (tertiary/aromatic N) is 2. The van der Waals surface area contributed by atoms with E-state index < -0.39 is 10.0 Å². The summed E-state index contributed by atoms with van der Waals surface area (Å²) in [4.78, 5) is 28.5. The van der Waals surface area contributed by atoms with Gasteiger partial charge in [-0.1, -0.05) is 6.07 Å². The van der Waals surface area contributed by atoms with Crippen LogP contribution in [0.3, 0.4) is 0 Å². The van der Waals surface area contributed by atoms with Crippen molar-refractivity contribution < 1.29 is 22.7 Å². The number of piperidine rings is 1. The molecule has 9 nitrogen and oxygen atoms in total. The van der Waals surface area contributed by atoms with Crippen molar-refractivity contribution in [2.24, 2.45) is 5.92 Å². The average molecular weight is 447 g/mol. The average Bonchev–Trinajstić information content (AvgIpc) is 2.82. The number of methoxy groups -OCH3 is 1. The molecule has 0 atom stereocenters. The molecule has 1 aliphatic rings. The Morgan fingerprint density at radius 3 is 2.45 bits per heavy atom. The lowest BCUT2D eigenvalue weighted by molar-refractivity contribution is -0.129. The first-order valence-electron chi connectivity index (χ1n) is 9.97. The molecule has 10 heteroatoms. The molecule has 166 valence electrons. The predicted octanol–water partition coefficient (Wildman–Crippen LogP) is 0.924. The monoisotopic (exact) mass is 446 g/mol. The number of pyridine rings is 1. The van der Waals surface area contributed by atoms with Crippen molar-refractivity contribution in [1.29, 1.82) is 0 Å². The van der Waals surface area contributed by atoms with Gasteiger partial charge in [0.1, 0.15) is 5.75 Å². The number of nitrogens with one attached hydrogen (secondary N) is 2. The molecule has 0 bridgehead atoms. The van der Waals surface area contributed by atoms with Gasteiger partial charge in [-0.2, -0.15) is 4.31 Å². The number of carbonyl (C=O) groups is 2. The van der Waals surface area contributed by atoms with Crippen LogP contribution in [0.2, 0.25) is 0 Å². The molecule has 1 aliphatic heterocycles. The van der Waals surface area contributed by atoms with E-state index in [2.05, 4.69) is 15.6 Å². The molecule has 0 unspecified atom stereocenters. The molecule has 0 spiro atoms. The highest BCUT2D eigenvalue weighted by molar-refractivity contribution is 7.89. The Hall–Kier alpha value is -2.98. The lowest BCUT2D eigenvalue weighted by Gasteiger charge is -2.30. The summed E-state index contributed by atoms with van der Waals surface area (Å²) >= 11 is 0. The second kappa shape index (κ2) is 10.4. The van der Waals surface area contributed by atoms with Crippen molar-refractivity contribution in [1.82, 2.24) is 19.9 Å². The fraction of sp³-hybridized carbons (Fsp3) is 0.381. The molecule has 0 aliphatic carbocycles. The Labute approximate surface area is 181 Å². The van der Waals surface area contributed by atoms with Crippen LogP contribution in [-0.2, 0) is 26.2 Å². The number of ether oxygens (including phenoxy) is 1. The summed E-state index contributed by atoms with van der Waals surface area (Å²) in [7, 11) is -2.10. The number of aromatic nitrogens is 1. The van der Waals surface area contributed by atoms with Gasteiger partial charge in [-0.15, -0.1) is 0 Å². The van der Waals surface area contributed by atoms with Crippen LogP contribution >= 0.6 is 0 Å². The molecule has 31 heavy (non-hydrogen) atoms. The van der Waals surface area contributed by atoms with Crippen LogP contribution in [0.1, 0.15) is 18.4 Å². The van der Waals surface area contributed by atoms with Crippen molar-refractivity contribution in [3.05, 3.63) is 54.4 Å². The molecule has 1 aromatic carbocycles. The van der Waals surface area contributed by atoms with Crippen LogP contribution in [0.15, 0.2) is 53.7 Å². The summed E-state index contributed by atoms with van der Waals surface area (Å²) in [5.41, 5.74) is 0.868. The van der Waals surface area contributed by atoms with Gasteiger partial charge >= 0.3 is 0 Å². The second-order valence-electron chi connectivity index (χ2n) is 7.21. The van der Waals surface area contributed by atoms with Gasteiger partial charge in [0.05, 0.1) is 18.6 Å². The van der Waals surface area contributed by atoms with Crippen molar-refractivity contribution in [2.45, 2.75) is 24.3 Å². The molecule has 2 heterocycles. The maximum absolute atomic E-state index is 12.8. The van der Waals surface area contributed by atoms with Crippen LogP contribution in [-0.4, -0.2) is 56.3 Å². The Morgan fingerprint density at radius 1 is 1.13 bits per heavy atom. The predicted molar refractivity (Wildman–Crippen MR) is 114 cm³/mol. The van der Waals surface area contributed by atoms with Gasteiger partial charge in [0.2, 0.25) is 21.8 Å². The van der Waals surface area contributed by atoms with Gasteiger partial charge in [0, 0.05) is 37.9 Å².